The molecule has 0 fully saturated rings. The highest BCUT2D eigenvalue weighted by molar-refractivity contribution is 5.70. The maximum absolute atomic E-state index is 12.8. The number of aliphatic hydroxyl groups is 1. The molecule has 0 heterocycles. The molecular formula is C50H98N8O13. The molecule has 0 saturated carbocycles. The van der Waals surface area contributed by atoms with Gasteiger partial charge in [-0.3, -0.25) is 14.6 Å². The minimum absolute atomic E-state index is 0.241. The van der Waals surface area contributed by atoms with Crippen LogP contribution in [0.25, 0.3) is 0 Å². The van der Waals surface area contributed by atoms with E-state index in [9.17, 15) is 33.9 Å². The second-order valence-electron chi connectivity index (χ2n) is 22.1. The zero-order chi connectivity index (χ0) is 54.3. The molecule has 0 rings (SSSR count). The molecule has 0 bridgehead atoms. The molecule has 21 nitrogen and oxygen atoms in total. The largest absolute Gasteiger partial charge is 0.460 e. The fraction of sp³-hybridized carbons (Fsp3) is 0.880. The Labute approximate surface area is 426 Å². The molecular weight excluding hydrogens is 921 g/mol. The number of alkyl carbamates (subject to hydrolysis) is 5. The maximum Gasteiger partial charge on any atom is 0.407 e. The number of nitrogens with one attached hydrogen (secondary N) is 5. The average Bonchev–Trinajstić information content (AvgIpc) is 3.18. The van der Waals surface area contributed by atoms with Gasteiger partial charge < -0.3 is 65.0 Å². The van der Waals surface area contributed by atoms with Gasteiger partial charge in [0.2, 0.25) is 0 Å². The molecule has 0 spiro atoms. The van der Waals surface area contributed by atoms with Crippen molar-refractivity contribution in [1.29, 1.82) is 0 Å². The van der Waals surface area contributed by atoms with Crippen LogP contribution in [0.15, 0.2) is 0 Å². The molecule has 0 saturated heterocycles. The van der Waals surface area contributed by atoms with E-state index in [1.54, 1.807) is 69.2 Å². The van der Waals surface area contributed by atoms with Crippen molar-refractivity contribution in [2.45, 2.75) is 196 Å². The predicted molar refractivity (Wildman–Crippen MR) is 274 cm³/mol. The van der Waals surface area contributed by atoms with Crippen LogP contribution in [-0.2, 0) is 33.2 Å². The number of hydrogen-bond acceptors (Lipinski definition) is 16. The van der Waals surface area contributed by atoms with Gasteiger partial charge in [-0.1, -0.05) is 0 Å². The van der Waals surface area contributed by atoms with Gasteiger partial charge in [0.25, 0.3) is 0 Å². The van der Waals surface area contributed by atoms with Crippen LogP contribution in [0.4, 0.5) is 24.0 Å². The van der Waals surface area contributed by atoms with Gasteiger partial charge in [-0.25, -0.2) is 24.0 Å². The Morgan fingerprint density at radius 3 is 0.944 bits per heavy atom. The molecule has 0 aliphatic rings. The van der Waals surface area contributed by atoms with Crippen molar-refractivity contribution in [3.8, 4) is 0 Å². The van der Waals surface area contributed by atoms with Crippen LogP contribution in [0.1, 0.15) is 155 Å². The summed E-state index contributed by atoms with van der Waals surface area (Å²) in [6.45, 7) is 34.0. The van der Waals surface area contributed by atoms with Gasteiger partial charge in [-0.15, -0.1) is 0 Å². The third kappa shape index (κ3) is 44.1. The molecule has 3 unspecified atom stereocenters. The Morgan fingerprint density at radius 1 is 0.394 bits per heavy atom. The van der Waals surface area contributed by atoms with E-state index in [1.165, 1.54) is 0 Å². The minimum Gasteiger partial charge on any atom is -0.460 e. The molecule has 5 amide bonds. The van der Waals surface area contributed by atoms with Crippen molar-refractivity contribution in [3.63, 3.8) is 0 Å². The van der Waals surface area contributed by atoms with Crippen molar-refractivity contribution >= 4 is 36.4 Å². The predicted octanol–water partition coefficient (Wildman–Crippen LogP) is 6.54. The van der Waals surface area contributed by atoms with Gasteiger partial charge in [0.1, 0.15) is 34.6 Å². The highest BCUT2D eigenvalue weighted by atomic mass is 16.6. The number of nitrogens with zero attached hydrogens (tertiary/aromatic N) is 3. The third-order valence-electron chi connectivity index (χ3n) is 9.49. The molecule has 3 atom stereocenters. The number of aliphatic hydroxyl groups excluding tert-OH is 1. The normalized spacial score (nSPS) is 13.5. The number of carbonyl (C=O) groups excluding carboxylic acids is 6. The summed E-state index contributed by atoms with van der Waals surface area (Å²) in [6, 6.07) is 0. The molecule has 416 valence electrons. The van der Waals surface area contributed by atoms with Gasteiger partial charge in [0.15, 0.2) is 0 Å². The van der Waals surface area contributed by atoms with Gasteiger partial charge in [0, 0.05) is 58.8 Å². The van der Waals surface area contributed by atoms with Crippen LogP contribution >= 0.6 is 0 Å². The fourth-order valence-electron chi connectivity index (χ4n) is 6.91. The van der Waals surface area contributed by atoms with E-state index >= 15 is 0 Å². The summed E-state index contributed by atoms with van der Waals surface area (Å²) in [5.74, 6) is -0.241. The molecule has 0 aliphatic heterocycles. The molecule has 0 radical (unpaired) electrons. The summed E-state index contributed by atoms with van der Waals surface area (Å²) >= 11 is 0. The number of carbonyl (C=O) groups is 6. The van der Waals surface area contributed by atoms with Crippen molar-refractivity contribution in [2.75, 3.05) is 91.6 Å². The lowest BCUT2D eigenvalue weighted by molar-refractivity contribution is -0.155. The minimum atomic E-state index is -0.602. The van der Waals surface area contributed by atoms with Crippen LogP contribution in [0.2, 0.25) is 0 Å². The monoisotopic (exact) mass is 1020 g/mol. The highest BCUT2D eigenvalue weighted by Crippen LogP contribution is 2.12. The zero-order valence-electron chi connectivity index (χ0n) is 46.5. The van der Waals surface area contributed by atoms with Crippen LogP contribution in [-0.4, -0.2) is 189 Å². The number of hydrogen-bond donors (Lipinski definition) is 6. The van der Waals surface area contributed by atoms with E-state index in [2.05, 4.69) is 41.3 Å². The lowest BCUT2D eigenvalue weighted by atomic mass is 10.2. The van der Waals surface area contributed by atoms with Crippen LogP contribution in [0.3, 0.4) is 0 Å². The Hall–Kier alpha value is -4.34. The van der Waals surface area contributed by atoms with E-state index in [0.717, 1.165) is 6.42 Å². The first-order valence-corrected chi connectivity index (χ1v) is 25.7. The molecule has 0 aromatic carbocycles. The SMILES string of the molecule is CC(O)CN(CCCNC(=O)OC(C)CN(CCCCC(=O)OC(C)(C)C)CCCNC(=O)OC(C)(C)C)CCCNC(=O)OC(C)CN(CCCNC(=O)OC(C)(C)C)CCCNC(=O)OC(C)(C)C. The van der Waals surface area contributed by atoms with Gasteiger partial charge in [-0.2, -0.15) is 0 Å². The molecule has 0 aromatic rings. The third-order valence-corrected chi connectivity index (χ3v) is 9.49. The second kappa shape index (κ2) is 34.9. The Bertz CT molecular complexity index is 1350. The summed E-state index contributed by atoms with van der Waals surface area (Å²) < 4.78 is 32.8. The Morgan fingerprint density at radius 2 is 0.662 bits per heavy atom. The number of unbranched alkanes of at least 4 members (excludes halogenated alkanes) is 1. The Kier molecular flexibility index (Phi) is 32.8. The van der Waals surface area contributed by atoms with Crippen molar-refractivity contribution in [1.82, 2.24) is 41.3 Å². The molecule has 21 heteroatoms. The number of esters is 1. The molecule has 0 aromatic heterocycles. The second-order valence-corrected chi connectivity index (χ2v) is 22.1. The lowest BCUT2D eigenvalue weighted by Crippen LogP contribution is -2.40. The van der Waals surface area contributed by atoms with Crippen molar-refractivity contribution in [2.24, 2.45) is 0 Å². The zero-order valence-corrected chi connectivity index (χ0v) is 46.5. The standard InChI is InChI=1S/C50H98N8O13/c1-38(59)35-56(30-18-24-51-42(61)66-39(2)36-57(29-17-16-23-41(60)68-47(4,5)6)32-20-26-53-44(63)69-48(7,8)9)31-19-25-52-43(62)67-40(3)37-58(33-21-27-54-45(64)70-49(10,11)12)34-22-28-55-46(65)71-50(13,14)15/h38-40,59H,16-37H2,1-15H3,(H,51,61)(H,52,62)(H,53,63)(H,54,64)(H,55,65). The molecule has 0 aliphatic carbocycles. The smallest absolute Gasteiger partial charge is 0.407 e. The van der Waals surface area contributed by atoms with E-state index in [0.29, 0.717) is 137 Å². The molecule has 6 N–H and O–H groups in total. The average molecular weight is 1020 g/mol. The topological polar surface area (TPSA) is 248 Å². The number of rotatable bonds is 33. The van der Waals surface area contributed by atoms with E-state index in [1.807, 2.05) is 34.6 Å². The van der Waals surface area contributed by atoms with Crippen LogP contribution in [0.5, 0.6) is 0 Å². The highest BCUT2D eigenvalue weighted by Gasteiger charge is 2.21. The van der Waals surface area contributed by atoms with E-state index in [4.69, 9.17) is 28.4 Å². The summed E-state index contributed by atoms with van der Waals surface area (Å²) in [6.07, 6.45) is 0.760. The van der Waals surface area contributed by atoms with Gasteiger partial charge >= 0.3 is 36.4 Å². The van der Waals surface area contributed by atoms with Crippen molar-refractivity contribution in [3.05, 3.63) is 0 Å². The Balaban J connectivity index is 4.98. The van der Waals surface area contributed by atoms with E-state index in [-0.39, 0.29) is 5.97 Å². The lowest BCUT2D eigenvalue weighted by Gasteiger charge is -2.26. The van der Waals surface area contributed by atoms with E-state index < -0.39 is 71.2 Å². The van der Waals surface area contributed by atoms with Crippen molar-refractivity contribution < 1.29 is 62.3 Å². The van der Waals surface area contributed by atoms with Crippen LogP contribution in [0, 0.1) is 0 Å². The summed E-state index contributed by atoms with van der Waals surface area (Å²) in [5.41, 5.74) is -2.34. The fourth-order valence-corrected chi connectivity index (χ4v) is 6.91. The number of ether oxygens (including phenoxy) is 6. The van der Waals surface area contributed by atoms with Gasteiger partial charge in [0.05, 0.1) is 6.10 Å². The summed E-state index contributed by atoms with van der Waals surface area (Å²) in [4.78, 5) is 80.5. The first kappa shape index (κ1) is 66.7. The van der Waals surface area contributed by atoms with Gasteiger partial charge in [-0.05, 0) is 188 Å². The first-order valence-electron chi connectivity index (χ1n) is 25.7. The van der Waals surface area contributed by atoms with Crippen LogP contribution < -0.4 is 26.6 Å². The molecule has 71 heavy (non-hydrogen) atoms. The number of amides is 5. The maximum atomic E-state index is 12.8. The summed E-state index contributed by atoms with van der Waals surface area (Å²) in [5, 5.41) is 24.1. The summed E-state index contributed by atoms with van der Waals surface area (Å²) in [7, 11) is 0. The first-order chi connectivity index (χ1) is 32.8. The quantitative estimate of drug-likeness (QED) is 0.0232.